The van der Waals surface area contributed by atoms with Gasteiger partial charge in [-0.05, 0) is 37.3 Å². The molecule has 8 nitrogen and oxygen atoms in total. The number of likely N-dealkylation sites (N-methyl/N-ethyl adjacent to an activating group) is 2. The van der Waals surface area contributed by atoms with E-state index < -0.39 is 17.7 Å². The summed E-state index contributed by atoms with van der Waals surface area (Å²) in [7, 11) is 5.04. The van der Waals surface area contributed by atoms with Crippen LogP contribution in [0.25, 0.3) is 0 Å². The van der Waals surface area contributed by atoms with Crippen LogP contribution in [0, 0.1) is 18.3 Å². The average molecular weight is 484 g/mol. The topological polar surface area (TPSA) is 100 Å². The van der Waals surface area contributed by atoms with Crippen LogP contribution in [-0.2, 0) is 19.9 Å². The standard InChI is InChI=1S/C25H27ClN4O4/c1-15-5-8-22(33-4)19(11-15)25(18-12-16(26)6-7-20(18)29-24(25)32)30(3)14-17(34-10-9-27)13-21(30)23(31)28-2/h5-8,11-12,17,21H,10,13-14H2,1-4H3,(H-,28,29,31,32)/p+1/t17-,21+,25?,30?/m1/s1. The molecule has 2 aromatic carbocycles. The molecule has 1 fully saturated rings. The summed E-state index contributed by atoms with van der Waals surface area (Å²) in [6.07, 6.45) is -0.0349. The minimum atomic E-state index is -1.35. The number of nitrogens with zero attached hydrogens (tertiary/aromatic N) is 2. The maximum absolute atomic E-state index is 14.2. The smallest absolute Gasteiger partial charge is 0.295 e. The van der Waals surface area contributed by atoms with Crippen molar-refractivity contribution in [1.29, 1.82) is 5.26 Å². The number of ether oxygens (including phenoxy) is 2. The van der Waals surface area contributed by atoms with Crippen LogP contribution in [0.3, 0.4) is 0 Å². The molecule has 2 unspecified atom stereocenters. The molecule has 4 rings (SSSR count). The van der Waals surface area contributed by atoms with Gasteiger partial charge in [-0.15, -0.1) is 0 Å². The van der Waals surface area contributed by atoms with Crippen LogP contribution in [0.15, 0.2) is 36.4 Å². The Morgan fingerprint density at radius 3 is 2.76 bits per heavy atom. The number of hydrogen-bond donors (Lipinski definition) is 2. The third-order valence-corrected chi connectivity index (χ3v) is 7.38. The summed E-state index contributed by atoms with van der Waals surface area (Å²) in [5.41, 5.74) is 1.55. The van der Waals surface area contributed by atoms with E-state index in [0.29, 0.717) is 40.6 Å². The van der Waals surface area contributed by atoms with Gasteiger partial charge < -0.3 is 20.1 Å². The number of nitriles is 1. The van der Waals surface area contributed by atoms with E-state index in [4.69, 9.17) is 26.3 Å². The molecule has 2 N–H and O–H groups in total. The van der Waals surface area contributed by atoms with Crippen molar-refractivity contribution >= 4 is 29.1 Å². The molecule has 9 heteroatoms. The number of aryl methyl sites for hydroxylation is 1. The van der Waals surface area contributed by atoms with Crippen molar-refractivity contribution in [3.05, 3.63) is 58.1 Å². The lowest BCUT2D eigenvalue weighted by Crippen LogP contribution is -2.68. The number of carbonyl (C=O) groups excluding carboxylic acids is 2. The number of methoxy groups -OCH3 is 1. The Morgan fingerprint density at radius 2 is 2.09 bits per heavy atom. The van der Waals surface area contributed by atoms with E-state index in [1.165, 1.54) is 0 Å². The van der Waals surface area contributed by atoms with E-state index in [0.717, 1.165) is 5.56 Å². The zero-order chi connectivity index (χ0) is 24.7. The van der Waals surface area contributed by atoms with Gasteiger partial charge in [0, 0.05) is 18.5 Å². The molecule has 2 heterocycles. The van der Waals surface area contributed by atoms with Gasteiger partial charge in [-0.25, -0.2) is 0 Å². The average Bonchev–Trinajstić information content (AvgIpc) is 3.31. The van der Waals surface area contributed by atoms with Gasteiger partial charge in [-0.2, -0.15) is 5.26 Å². The summed E-state index contributed by atoms with van der Waals surface area (Å²) in [6.45, 7) is 2.18. The molecule has 4 atom stereocenters. The molecule has 0 aliphatic carbocycles. The molecule has 0 spiro atoms. The van der Waals surface area contributed by atoms with Gasteiger partial charge in [-0.3, -0.25) is 14.1 Å². The summed E-state index contributed by atoms with van der Waals surface area (Å²) in [4.78, 5) is 27.4. The second kappa shape index (κ2) is 8.91. The number of halogens is 1. The van der Waals surface area contributed by atoms with E-state index in [2.05, 4.69) is 10.6 Å². The number of likely N-dealkylation sites (tertiary alicyclic amines) is 1. The molecular weight excluding hydrogens is 456 g/mol. The first-order chi connectivity index (χ1) is 16.2. The van der Waals surface area contributed by atoms with Crippen LogP contribution in [0.5, 0.6) is 5.75 Å². The number of carbonyl (C=O) groups is 2. The van der Waals surface area contributed by atoms with Gasteiger partial charge in [0.25, 0.3) is 11.8 Å². The van der Waals surface area contributed by atoms with Crippen LogP contribution in [0.4, 0.5) is 5.69 Å². The molecule has 0 bridgehead atoms. The van der Waals surface area contributed by atoms with Crippen LogP contribution >= 0.6 is 11.6 Å². The number of rotatable bonds is 6. The normalized spacial score (nSPS) is 27.6. The lowest BCUT2D eigenvalue weighted by molar-refractivity contribution is -0.953. The predicted molar refractivity (Wildman–Crippen MR) is 127 cm³/mol. The summed E-state index contributed by atoms with van der Waals surface area (Å²) < 4.78 is 11.5. The third kappa shape index (κ3) is 3.43. The van der Waals surface area contributed by atoms with E-state index in [1.54, 1.807) is 32.4 Å². The first-order valence-corrected chi connectivity index (χ1v) is 11.4. The van der Waals surface area contributed by atoms with Crippen LogP contribution in [0.2, 0.25) is 5.02 Å². The molecule has 34 heavy (non-hydrogen) atoms. The Hall–Kier alpha value is -3.12. The summed E-state index contributed by atoms with van der Waals surface area (Å²) in [6, 6.07) is 12.3. The number of anilines is 1. The Kier molecular flexibility index (Phi) is 6.30. The third-order valence-electron chi connectivity index (χ3n) is 7.15. The summed E-state index contributed by atoms with van der Waals surface area (Å²) in [5, 5.41) is 15.3. The van der Waals surface area contributed by atoms with Gasteiger partial charge in [0.1, 0.15) is 25.0 Å². The fraction of sp³-hybridized carbons (Fsp3) is 0.400. The Bertz CT molecular complexity index is 1200. The highest BCUT2D eigenvalue weighted by Gasteiger charge is 2.69. The number of amides is 2. The maximum Gasteiger partial charge on any atom is 0.295 e. The van der Waals surface area contributed by atoms with Crippen molar-refractivity contribution in [3.63, 3.8) is 0 Å². The molecule has 2 aliphatic heterocycles. The quantitative estimate of drug-likeness (QED) is 0.615. The van der Waals surface area contributed by atoms with Gasteiger partial charge in [0.05, 0.1) is 37.0 Å². The monoisotopic (exact) mass is 483 g/mol. The van der Waals surface area contributed by atoms with Crippen LogP contribution in [0.1, 0.15) is 23.1 Å². The second-order valence-electron chi connectivity index (χ2n) is 8.97. The predicted octanol–water partition coefficient (Wildman–Crippen LogP) is 2.73. The van der Waals surface area contributed by atoms with Crippen molar-refractivity contribution in [2.24, 2.45) is 0 Å². The zero-order valence-corrected chi connectivity index (χ0v) is 20.4. The number of benzene rings is 2. The molecule has 0 saturated carbocycles. The van der Waals surface area contributed by atoms with Crippen molar-refractivity contribution in [1.82, 2.24) is 5.32 Å². The van der Waals surface area contributed by atoms with Crippen LogP contribution < -0.4 is 15.4 Å². The van der Waals surface area contributed by atoms with Crippen molar-refractivity contribution in [2.45, 2.75) is 31.0 Å². The van der Waals surface area contributed by atoms with Crippen molar-refractivity contribution < 1.29 is 23.5 Å². The molecule has 2 aromatic rings. The van der Waals surface area contributed by atoms with E-state index >= 15 is 0 Å². The Morgan fingerprint density at radius 1 is 1.32 bits per heavy atom. The van der Waals surface area contributed by atoms with E-state index in [-0.39, 0.29) is 22.9 Å². The van der Waals surface area contributed by atoms with Crippen molar-refractivity contribution in [3.8, 4) is 11.8 Å². The number of nitrogens with one attached hydrogen (secondary N) is 2. The first kappa shape index (κ1) is 24.0. The van der Waals surface area contributed by atoms with Crippen LogP contribution in [-0.4, -0.2) is 62.8 Å². The minimum Gasteiger partial charge on any atom is -0.496 e. The highest BCUT2D eigenvalue weighted by atomic mass is 35.5. The lowest BCUT2D eigenvalue weighted by atomic mass is 9.78. The van der Waals surface area contributed by atoms with Gasteiger partial charge in [0.15, 0.2) is 6.04 Å². The lowest BCUT2D eigenvalue weighted by Gasteiger charge is -2.48. The molecular formula is C25H28ClN4O4+. The second-order valence-corrected chi connectivity index (χ2v) is 9.40. The molecule has 2 aliphatic rings. The molecule has 0 aromatic heterocycles. The van der Waals surface area contributed by atoms with Crippen molar-refractivity contribution in [2.75, 3.05) is 39.7 Å². The Labute approximate surface area is 204 Å². The number of quaternary nitrogens is 1. The first-order valence-electron chi connectivity index (χ1n) is 11.0. The van der Waals surface area contributed by atoms with E-state index in [9.17, 15) is 9.59 Å². The fourth-order valence-electron chi connectivity index (χ4n) is 5.70. The Balaban J connectivity index is 2.07. The summed E-state index contributed by atoms with van der Waals surface area (Å²) in [5.74, 6) is 0.0517. The number of hydrogen-bond acceptors (Lipinski definition) is 5. The van der Waals surface area contributed by atoms with Gasteiger partial charge in [-0.1, -0.05) is 23.2 Å². The molecule has 2 amide bonds. The highest BCUT2D eigenvalue weighted by molar-refractivity contribution is 6.31. The number of fused-ring (bicyclic) bond motifs is 1. The summed E-state index contributed by atoms with van der Waals surface area (Å²) >= 11 is 6.45. The van der Waals surface area contributed by atoms with Gasteiger partial charge >= 0.3 is 0 Å². The highest BCUT2D eigenvalue weighted by Crippen LogP contribution is 2.55. The minimum absolute atomic E-state index is 0.00174. The maximum atomic E-state index is 14.2. The van der Waals surface area contributed by atoms with E-state index in [1.807, 2.05) is 38.2 Å². The largest absolute Gasteiger partial charge is 0.496 e. The molecule has 178 valence electrons. The SMILES string of the molecule is CNC(=O)[C@@H]1C[C@@H](OCC#N)C[N+]1(C)C1(c2cc(C)ccc2OC)C(=O)Nc2ccc(Cl)cc21. The molecule has 1 saturated heterocycles. The fourth-order valence-corrected chi connectivity index (χ4v) is 5.87. The molecule has 0 radical (unpaired) electrons. The van der Waals surface area contributed by atoms with Gasteiger partial charge in [0.2, 0.25) is 5.54 Å². The zero-order valence-electron chi connectivity index (χ0n) is 19.6.